The van der Waals surface area contributed by atoms with Gasteiger partial charge in [0.2, 0.25) is 0 Å². The standard InChI is InChI=1S/C24H39NO4/c1-4-5-15-28-20-12-14-25(18-20)21-8-6-7-9-22(21)29-16-13-19-10-11-23(26-2)24(17-19)27-3/h10-11,17,20-22H,4-9,12-16,18H2,1-3H3/t20-,21-,22+/m1/s1. The van der Waals surface area contributed by atoms with Crippen molar-refractivity contribution in [2.24, 2.45) is 0 Å². The normalized spacial score (nSPS) is 25.3. The van der Waals surface area contributed by atoms with Gasteiger partial charge in [-0.2, -0.15) is 0 Å². The number of rotatable bonds is 11. The first-order valence-corrected chi connectivity index (χ1v) is 11.4. The fourth-order valence-electron chi connectivity index (χ4n) is 4.64. The molecule has 3 atom stereocenters. The van der Waals surface area contributed by atoms with Crippen molar-refractivity contribution < 1.29 is 18.9 Å². The summed E-state index contributed by atoms with van der Waals surface area (Å²) in [5, 5.41) is 0. The summed E-state index contributed by atoms with van der Waals surface area (Å²) >= 11 is 0. The van der Waals surface area contributed by atoms with Crippen LogP contribution in [-0.4, -0.2) is 63.7 Å². The van der Waals surface area contributed by atoms with E-state index in [4.69, 9.17) is 18.9 Å². The molecule has 0 unspecified atom stereocenters. The van der Waals surface area contributed by atoms with E-state index in [0.29, 0.717) is 18.2 Å². The number of likely N-dealkylation sites (tertiary alicyclic amines) is 1. The van der Waals surface area contributed by atoms with Gasteiger partial charge in [0, 0.05) is 25.7 Å². The summed E-state index contributed by atoms with van der Waals surface area (Å²) in [5.41, 5.74) is 1.22. The van der Waals surface area contributed by atoms with E-state index in [0.717, 1.165) is 44.2 Å². The minimum absolute atomic E-state index is 0.346. The molecule has 1 saturated heterocycles. The Hall–Kier alpha value is -1.30. The van der Waals surface area contributed by atoms with Crippen LogP contribution in [-0.2, 0) is 15.9 Å². The molecule has 0 amide bonds. The molecule has 0 radical (unpaired) electrons. The highest BCUT2D eigenvalue weighted by Crippen LogP contribution is 2.30. The molecule has 5 nitrogen and oxygen atoms in total. The number of unbranched alkanes of at least 4 members (excludes halogenated alkanes) is 1. The van der Waals surface area contributed by atoms with Crippen LogP contribution in [0, 0.1) is 0 Å². The van der Waals surface area contributed by atoms with Gasteiger partial charge in [-0.15, -0.1) is 0 Å². The lowest BCUT2D eigenvalue weighted by Gasteiger charge is -2.37. The molecule has 1 aliphatic heterocycles. The SMILES string of the molecule is CCCCO[C@@H]1CCN([C@@H]2CCCC[C@@H]2OCCc2ccc(OC)c(OC)c2)C1. The first kappa shape index (κ1) is 22.4. The summed E-state index contributed by atoms with van der Waals surface area (Å²) in [6.07, 6.45) is 10.2. The summed E-state index contributed by atoms with van der Waals surface area (Å²) in [6, 6.07) is 6.68. The number of nitrogens with zero attached hydrogens (tertiary/aromatic N) is 1. The Morgan fingerprint density at radius 2 is 1.79 bits per heavy atom. The second kappa shape index (κ2) is 11.8. The highest BCUT2D eigenvalue weighted by Gasteiger charge is 2.35. The highest BCUT2D eigenvalue weighted by molar-refractivity contribution is 5.42. The first-order valence-electron chi connectivity index (χ1n) is 11.4. The maximum absolute atomic E-state index is 6.42. The summed E-state index contributed by atoms with van der Waals surface area (Å²) in [5.74, 6) is 1.56. The van der Waals surface area contributed by atoms with Crippen LogP contribution in [0.15, 0.2) is 18.2 Å². The maximum Gasteiger partial charge on any atom is 0.160 e. The van der Waals surface area contributed by atoms with E-state index in [1.54, 1.807) is 14.2 Å². The predicted octanol–water partition coefficient (Wildman–Crippen LogP) is 4.47. The molecule has 1 saturated carbocycles. The molecule has 0 N–H and O–H groups in total. The Morgan fingerprint density at radius 3 is 2.59 bits per heavy atom. The number of hydrogen-bond donors (Lipinski definition) is 0. The van der Waals surface area contributed by atoms with Crippen molar-refractivity contribution in [3.8, 4) is 11.5 Å². The molecule has 164 valence electrons. The molecule has 29 heavy (non-hydrogen) atoms. The second-order valence-electron chi connectivity index (χ2n) is 8.33. The smallest absolute Gasteiger partial charge is 0.160 e. The van der Waals surface area contributed by atoms with Crippen molar-refractivity contribution >= 4 is 0 Å². The number of hydrogen-bond acceptors (Lipinski definition) is 5. The van der Waals surface area contributed by atoms with E-state index in [1.807, 2.05) is 6.07 Å². The van der Waals surface area contributed by atoms with Gasteiger partial charge in [-0.1, -0.05) is 32.3 Å². The molecule has 0 spiro atoms. The van der Waals surface area contributed by atoms with Gasteiger partial charge in [0.05, 0.1) is 33.0 Å². The first-order chi connectivity index (χ1) is 14.2. The van der Waals surface area contributed by atoms with Crippen LogP contribution in [0.5, 0.6) is 11.5 Å². The van der Waals surface area contributed by atoms with E-state index >= 15 is 0 Å². The summed E-state index contributed by atoms with van der Waals surface area (Å²) in [4.78, 5) is 2.64. The monoisotopic (exact) mass is 405 g/mol. The summed E-state index contributed by atoms with van der Waals surface area (Å²) < 4.78 is 23.2. The minimum Gasteiger partial charge on any atom is -0.493 e. The summed E-state index contributed by atoms with van der Waals surface area (Å²) in [7, 11) is 3.35. The van der Waals surface area contributed by atoms with Crippen LogP contribution < -0.4 is 9.47 Å². The largest absolute Gasteiger partial charge is 0.493 e. The molecule has 5 heteroatoms. The van der Waals surface area contributed by atoms with Crippen molar-refractivity contribution in [2.75, 3.05) is 40.5 Å². The highest BCUT2D eigenvalue weighted by atomic mass is 16.5. The Morgan fingerprint density at radius 1 is 0.966 bits per heavy atom. The second-order valence-corrected chi connectivity index (χ2v) is 8.33. The van der Waals surface area contributed by atoms with Gasteiger partial charge in [0.15, 0.2) is 11.5 Å². The average Bonchev–Trinajstić information content (AvgIpc) is 3.23. The third kappa shape index (κ3) is 6.34. The zero-order chi connectivity index (χ0) is 20.5. The van der Waals surface area contributed by atoms with E-state index in [-0.39, 0.29) is 0 Å². The number of methoxy groups -OCH3 is 2. The van der Waals surface area contributed by atoms with Gasteiger partial charge in [-0.25, -0.2) is 0 Å². The van der Waals surface area contributed by atoms with E-state index in [9.17, 15) is 0 Å². The van der Waals surface area contributed by atoms with Crippen molar-refractivity contribution in [3.05, 3.63) is 23.8 Å². The van der Waals surface area contributed by atoms with Crippen molar-refractivity contribution in [1.29, 1.82) is 0 Å². The lowest BCUT2D eigenvalue weighted by Crippen LogP contribution is -2.46. The molecular weight excluding hydrogens is 366 g/mol. The van der Waals surface area contributed by atoms with Crippen LogP contribution in [0.2, 0.25) is 0 Å². The van der Waals surface area contributed by atoms with Gasteiger partial charge < -0.3 is 18.9 Å². The zero-order valence-electron chi connectivity index (χ0n) is 18.5. The van der Waals surface area contributed by atoms with Gasteiger partial charge in [0.1, 0.15) is 0 Å². The molecule has 2 fully saturated rings. The van der Waals surface area contributed by atoms with Crippen molar-refractivity contribution in [1.82, 2.24) is 4.90 Å². The van der Waals surface area contributed by atoms with Gasteiger partial charge in [-0.05, 0) is 49.8 Å². The average molecular weight is 406 g/mol. The molecule has 3 rings (SSSR count). The predicted molar refractivity (Wildman–Crippen MR) is 116 cm³/mol. The molecule has 1 aliphatic carbocycles. The van der Waals surface area contributed by atoms with Gasteiger partial charge >= 0.3 is 0 Å². The lowest BCUT2D eigenvalue weighted by molar-refractivity contribution is -0.0345. The van der Waals surface area contributed by atoms with E-state index in [2.05, 4.69) is 24.0 Å². The quantitative estimate of drug-likeness (QED) is 0.508. The maximum atomic E-state index is 6.42. The van der Waals surface area contributed by atoms with E-state index < -0.39 is 0 Å². The van der Waals surface area contributed by atoms with Crippen LogP contribution in [0.25, 0.3) is 0 Å². The van der Waals surface area contributed by atoms with Crippen LogP contribution in [0.1, 0.15) is 57.4 Å². The third-order valence-electron chi connectivity index (χ3n) is 6.34. The molecule has 1 heterocycles. The number of benzene rings is 1. The zero-order valence-corrected chi connectivity index (χ0v) is 18.5. The lowest BCUT2D eigenvalue weighted by atomic mass is 9.91. The Bertz CT molecular complexity index is 609. The van der Waals surface area contributed by atoms with Crippen molar-refractivity contribution in [2.45, 2.75) is 76.5 Å². The third-order valence-corrected chi connectivity index (χ3v) is 6.34. The molecule has 0 aromatic heterocycles. The van der Waals surface area contributed by atoms with E-state index in [1.165, 1.54) is 50.5 Å². The Kier molecular flexibility index (Phi) is 9.09. The van der Waals surface area contributed by atoms with Crippen molar-refractivity contribution in [3.63, 3.8) is 0 Å². The Balaban J connectivity index is 1.48. The molecule has 2 aliphatic rings. The van der Waals surface area contributed by atoms with Crippen LogP contribution in [0.3, 0.4) is 0 Å². The molecule has 0 bridgehead atoms. The minimum atomic E-state index is 0.346. The topological polar surface area (TPSA) is 40.2 Å². The molecular formula is C24H39NO4. The fourth-order valence-corrected chi connectivity index (χ4v) is 4.64. The van der Waals surface area contributed by atoms with Gasteiger partial charge in [-0.3, -0.25) is 4.90 Å². The van der Waals surface area contributed by atoms with Gasteiger partial charge in [0.25, 0.3) is 0 Å². The fraction of sp³-hybridized carbons (Fsp3) is 0.750. The molecule has 1 aromatic carbocycles. The molecule has 1 aromatic rings. The van der Waals surface area contributed by atoms with Crippen LogP contribution >= 0.6 is 0 Å². The summed E-state index contributed by atoms with van der Waals surface area (Å²) in [6.45, 7) is 6.10. The number of ether oxygens (including phenoxy) is 4. The van der Waals surface area contributed by atoms with Crippen LogP contribution in [0.4, 0.5) is 0 Å². The Labute approximate surface area is 176 Å².